The van der Waals surface area contributed by atoms with Gasteiger partial charge in [-0.15, -0.1) is 6.42 Å². The van der Waals surface area contributed by atoms with Gasteiger partial charge < -0.3 is 4.74 Å². The summed E-state index contributed by atoms with van der Waals surface area (Å²) in [4.78, 5) is 12.2. The minimum absolute atomic E-state index is 0.320. The summed E-state index contributed by atoms with van der Waals surface area (Å²) in [5, 5.41) is 0. The summed E-state index contributed by atoms with van der Waals surface area (Å²) in [6.07, 6.45) is 4.34. The standard InChI is InChI=1S/C16H21NO4S/c1-6-13(2)17(15(18)21-16(3,4)5)22(19,20)12-14-10-8-7-9-11-14/h1,7-11,13H,12H2,2-5H3. The van der Waals surface area contributed by atoms with Crippen LogP contribution in [-0.2, 0) is 20.5 Å². The van der Waals surface area contributed by atoms with Gasteiger partial charge in [-0.05, 0) is 33.3 Å². The average Bonchev–Trinajstić information content (AvgIpc) is 2.36. The summed E-state index contributed by atoms with van der Waals surface area (Å²) in [5.74, 6) is 1.95. The van der Waals surface area contributed by atoms with Gasteiger partial charge in [-0.25, -0.2) is 13.2 Å². The lowest BCUT2D eigenvalue weighted by atomic mass is 10.2. The molecular formula is C16H21NO4S. The summed E-state index contributed by atoms with van der Waals surface area (Å²) in [5.41, 5.74) is -0.244. The number of hydrogen-bond acceptors (Lipinski definition) is 4. The maximum absolute atomic E-state index is 12.6. The highest BCUT2D eigenvalue weighted by Crippen LogP contribution is 2.18. The molecule has 22 heavy (non-hydrogen) atoms. The first kappa shape index (κ1) is 18.1. The van der Waals surface area contributed by atoms with Gasteiger partial charge in [-0.1, -0.05) is 36.3 Å². The van der Waals surface area contributed by atoms with Crippen molar-refractivity contribution in [2.75, 3.05) is 0 Å². The first-order valence-electron chi connectivity index (χ1n) is 6.82. The van der Waals surface area contributed by atoms with Gasteiger partial charge in [0, 0.05) is 0 Å². The number of carbonyl (C=O) groups excluding carboxylic acids is 1. The molecule has 0 bridgehead atoms. The normalized spacial score (nSPS) is 13.0. The van der Waals surface area contributed by atoms with Crippen LogP contribution in [0.4, 0.5) is 4.79 Å². The lowest BCUT2D eigenvalue weighted by molar-refractivity contribution is 0.0372. The Morgan fingerprint density at radius 3 is 2.32 bits per heavy atom. The third kappa shape index (κ3) is 5.08. The van der Waals surface area contributed by atoms with Crippen LogP contribution in [0.1, 0.15) is 33.3 Å². The molecule has 0 aliphatic rings. The number of terminal acetylenes is 1. The van der Waals surface area contributed by atoms with Crippen molar-refractivity contribution >= 4 is 16.1 Å². The Hall–Kier alpha value is -2.00. The van der Waals surface area contributed by atoms with Gasteiger partial charge in [-0.3, -0.25) is 0 Å². The Morgan fingerprint density at radius 1 is 1.32 bits per heavy atom. The summed E-state index contributed by atoms with van der Waals surface area (Å²) < 4.78 is 30.9. The molecule has 0 N–H and O–H groups in total. The number of nitrogens with zero attached hydrogens (tertiary/aromatic N) is 1. The summed E-state index contributed by atoms with van der Waals surface area (Å²) >= 11 is 0. The topological polar surface area (TPSA) is 63.7 Å². The predicted octanol–water partition coefficient (Wildman–Crippen LogP) is 2.78. The number of amides is 1. The van der Waals surface area contributed by atoms with E-state index in [9.17, 15) is 13.2 Å². The van der Waals surface area contributed by atoms with Crippen molar-refractivity contribution in [2.24, 2.45) is 0 Å². The van der Waals surface area contributed by atoms with Crippen molar-refractivity contribution < 1.29 is 17.9 Å². The van der Waals surface area contributed by atoms with Crippen LogP contribution in [0.25, 0.3) is 0 Å². The van der Waals surface area contributed by atoms with Crippen LogP contribution in [0.15, 0.2) is 30.3 Å². The number of rotatable bonds is 4. The van der Waals surface area contributed by atoms with Crippen LogP contribution >= 0.6 is 0 Å². The number of ether oxygens (including phenoxy) is 1. The van der Waals surface area contributed by atoms with Gasteiger partial charge in [0.05, 0.1) is 5.75 Å². The van der Waals surface area contributed by atoms with E-state index >= 15 is 0 Å². The molecule has 0 aromatic heterocycles. The Bertz CT molecular complexity index is 654. The second-order valence-corrected chi connectivity index (χ2v) is 7.71. The molecular weight excluding hydrogens is 302 g/mol. The van der Waals surface area contributed by atoms with E-state index in [1.54, 1.807) is 51.1 Å². The van der Waals surface area contributed by atoms with E-state index in [0.29, 0.717) is 9.87 Å². The second kappa shape index (κ2) is 6.84. The summed E-state index contributed by atoms with van der Waals surface area (Å²) in [6, 6.07) is 7.66. The summed E-state index contributed by atoms with van der Waals surface area (Å²) in [7, 11) is -3.94. The highest BCUT2D eigenvalue weighted by molar-refractivity contribution is 7.88. The molecule has 0 fully saturated rings. The van der Waals surface area contributed by atoms with Gasteiger partial charge >= 0.3 is 6.09 Å². The van der Waals surface area contributed by atoms with E-state index in [4.69, 9.17) is 11.2 Å². The molecule has 6 heteroatoms. The highest BCUT2D eigenvalue weighted by Gasteiger charge is 2.35. The van der Waals surface area contributed by atoms with Crippen molar-refractivity contribution in [2.45, 2.75) is 45.1 Å². The number of hydrogen-bond donors (Lipinski definition) is 0. The monoisotopic (exact) mass is 323 g/mol. The van der Waals surface area contributed by atoms with Crippen LogP contribution < -0.4 is 0 Å². The Kier molecular flexibility index (Phi) is 5.61. The molecule has 0 aliphatic carbocycles. The van der Waals surface area contributed by atoms with Crippen molar-refractivity contribution in [3.8, 4) is 12.3 Å². The maximum Gasteiger partial charge on any atom is 0.425 e. The molecule has 0 aliphatic heterocycles. The van der Waals surface area contributed by atoms with Crippen molar-refractivity contribution in [1.82, 2.24) is 4.31 Å². The van der Waals surface area contributed by atoms with E-state index in [-0.39, 0.29) is 5.75 Å². The Balaban J connectivity index is 3.11. The molecule has 1 unspecified atom stereocenters. The quantitative estimate of drug-likeness (QED) is 0.799. The van der Waals surface area contributed by atoms with E-state index < -0.39 is 27.8 Å². The minimum atomic E-state index is -3.94. The SMILES string of the molecule is C#CC(C)N(C(=O)OC(C)(C)C)S(=O)(=O)Cc1ccccc1. The van der Waals surface area contributed by atoms with Gasteiger partial charge in [-0.2, -0.15) is 4.31 Å². The van der Waals surface area contributed by atoms with Crippen LogP contribution in [-0.4, -0.2) is 30.5 Å². The molecule has 0 saturated carbocycles. The molecule has 5 nitrogen and oxygen atoms in total. The van der Waals surface area contributed by atoms with Gasteiger partial charge in [0.15, 0.2) is 0 Å². The van der Waals surface area contributed by atoms with E-state index in [2.05, 4.69) is 5.92 Å². The Labute approximate surface area is 132 Å². The molecule has 1 aromatic carbocycles. The first-order chi connectivity index (χ1) is 10.1. The Morgan fingerprint density at radius 2 is 1.86 bits per heavy atom. The molecule has 1 rings (SSSR count). The second-order valence-electron chi connectivity index (χ2n) is 5.86. The van der Waals surface area contributed by atoms with Crippen LogP contribution in [0.5, 0.6) is 0 Å². The third-order valence-corrected chi connectivity index (χ3v) is 4.42. The van der Waals surface area contributed by atoms with Crippen LogP contribution in [0.3, 0.4) is 0 Å². The lowest BCUT2D eigenvalue weighted by Crippen LogP contribution is -2.45. The molecule has 0 saturated heterocycles. The van der Waals surface area contributed by atoms with E-state index in [0.717, 1.165) is 0 Å². The molecule has 1 amide bonds. The van der Waals surface area contributed by atoms with Crippen molar-refractivity contribution in [1.29, 1.82) is 0 Å². The summed E-state index contributed by atoms with van der Waals surface area (Å²) in [6.45, 7) is 6.45. The highest BCUT2D eigenvalue weighted by atomic mass is 32.2. The molecule has 0 heterocycles. The first-order valence-corrected chi connectivity index (χ1v) is 8.43. The maximum atomic E-state index is 12.6. The average molecular weight is 323 g/mol. The van der Waals surface area contributed by atoms with E-state index in [1.807, 2.05) is 0 Å². The lowest BCUT2D eigenvalue weighted by Gasteiger charge is -2.28. The van der Waals surface area contributed by atoms with Crippen LogP contribution in [0.2, 0.25) is 0 Å². The molecule has 1 atom stereocenters. The largest absolute Gasteiger partial charge is 0.443 e. The fourth-order valence-corrected chi connectivity index (χ4v) is 3.30. The van der Waals surface area contributed by atoms with Gasteiger partial charge in [0.1, 0.15) is 11.6 Å². The fourth-order valence-electron chi connectivity index (χ4n) is 1.74. The number of benzene rings is 1. The van der Waals surface area contributed by atoms with Crippen molar-refractivity contribution in [3.63, 3.8) is 0 Å². The molecule has 1 aromatic rings. The zero-order chi connectivity index (χ0) is 17.0. The van der Waals surface area contributed by atoms with Gasteiger partial charge in [0.25, 0.3) is 0 Å². The number of sulfonamides is 1. The van der Waals surface area contributed by atoms with Crippen LogP contribution in [0, 0.1) is 12.3 Å². The molecule has 120 valence electrons. The zero-order valence-electron chi connectivity index (χ0n) is 13.2. The third-order valence-electron chi connectivity index (χ3n) is 2.66. The van der Waals surface area contributed by atoms with Crippen molar-refractivity contribution in [3.05, 3.63) is 35.9 Å². The van der Waals surface area contributed by atoms with E-state index in [1.165, 1.54) is 6.92 Å². The predicted molar refractivity (Wildman–Crippen MR) is 85.4 cm³/mol. The smallest absolute Gasteiger partial charge is 0.425 e. The fraction of sp³-hybridized carbons (Fsp3) is 0.438. The number of carbonyl (C=O) groups is 1. The molecule has 0 radical (unpaired) electrons. The minimum Gasteiger partial charge on any atom is -0.443 e. The van der Waals surface area contributed by atoms with Gasteiger partial charge in [0.2, 0.25) is 10.0 Å². The molecule has 0 spiro atoms. The zero-order valence-corrected chi connectivity index (χ0v) is 14.1.